The highest BCUT2D eigenvalue weighted by molar-refractivity contribution is 5.92. The smallest absolute Gasteiger partial charge is 0.304 e. The monoisotopic (exact) mass is 294 g/mol. The SMILES string of the molecule is Cc1cc(C)cc(NC(=O)CN(CCO)CCC(=O)O)c1. The Balaban J connectivity index is 2.58. The van der Waals surface area contributed by atoms with E-state index in [0.717, 1.165) is 16.8 Å². The van der Waals surface area contributed by atoms with Gasteiger partial charge in [0.2, 0.25) is 5.91 Å². The molecule has 1 aromatic rings. The molecular weight excluding hydrogens is 272 g/mol. The van der Waals surface area contributed by atoms with Gasteiger partial charge in [0.25, 0.3) is 0 Å². The first-order chi connectivity index (χ1) is 9.90. The molecule has 116 valence electrons. The largest absolute Gasteiger partial charge is 0.481 e. The van der Waals surface area contributed by atoms with Crippen LogP contribution in [0.4, 0.5) is 5.69 Å². The van der Waals surface area contributed by atoms with Crippen LogP contribution in [0.3, 0.4) is 0 Å². The van der Waals surface area contributed by atoms with Gasteiger partial charge in [-0.2, -0.15) is 0 Å². The van der Waals surface area contributed by atoms with Crippen molar-refractivity contribution in [2.75, 3.05) is 31.6 Å². The number of nitrogens with zero attached hydrogens (tertiary/aromatic N) is 1. The quantitative estimate of drug-likeness (QED) is 0.666. The van der Waals surface area contributed by atoms with Gasteiger partial charge in [-0.05, 0) is 37.1 Å². The summed E-state index contributed by atoms with van der Waals surface area (Å²) in [6.07, 6.45) is -0.0587. The number of anilines is 1. The highest BCUT2D eigenvalue weighted by Gasteiger charge is 2.12. The molecule has 3 N–H and O–H groups in total. The molecule has 0 fully saturated rings. The summed E-state index contributed by atoms with van der Waals surface area (Å²) in [5.41, 5.74) is 2.84. The Morgan fingerprint density at radius 2 is 1.76 bits per heavy atom. The Morgan fingerprint density at radius 1 is 1.14 bits per heavy atom. The van der Waals surface area contributed by atoms with Crippen LogP contribution in [-0.4, -0.2) is 53.2 Å². The predicted octanol–water partition coefficient (Wildman–Crippen LogP) is 1.01. The summed E-state index contributed by atoms with van der Waals surface area (Å²) >= 11 is 0. The van der Waals surface area contributed by atoms with Crippen molar-refractivity contribution in [1.29, 1.82) is 0 Å². The van der Waals surface area contributed by atoms with E-state index in [4.69, 9.17) is 10.2 Å². The summed E-state index contributed by atoms with van der Waals surface area (Å²) in [6.45, 7) is 4.35. The third-order valence-electron chi connectivity index (χ3n) is 2.93. The lowest BCUT2D eigenvalue weighted by atomic mass is 10.1. The lowest BCUT2D eigenvalue weighted by Gasteiger charge is -2.19. The molecule has 0 aromatic heterocycles. The lowest BCUT2D eigenvalue weighted by molar-refractivity contribution is -0.137. The van der Waals surface area contributed by atoms with E-state index in [9.17, 15) is 9.59 Å². The fourth-order valence-electron chi connectivity index (χ4n) is 2.12. The topological polar surface area (TPSA) is 89.9 Å². The standard InChI is InChI=1S/C15H22N2O4/c1-11-7-12(2)9-13(8-11)16-14(19)10-17(5-6-18)4-3-15(20)21/h7-9,18H,3-6,10H2,1-2H3,(H,16,19)(H,20,21). The van der Waals surface area contributed by atoms with E-state index in [1.807, 2.05) is 32.0 Å². The maximum Gasteiger partial charge on any atom is 0.304 e. The number of nitrogens with one attached hydrogen (secondary N) is 1. The van der Waals surface area contributed by atoms with Crippen molar-refractivity contribution in [2.45, 2.75) is 20.3 Å². The molecule has 0 saturated heterocycles. The molecule has 0 aliphatic rings. The minimum absolute atomic E-state index is 0.0564. The van der Waals surface area contributed by atoms with E-state index in [1.54, 1.807) is 4.90 Å². The summed E-state index contributed by atoms with van der Waals surface area (Å²) in [4.78, 5) is 24.2. The number of carboxylic acids is 1. The third-order valence-corrected chi connectivity index (χ3v) is 2.93. The molecule has 1 rings (SSSR count). The molecule has 0 aliphatic carbocycles. The summed E-state index contributed by atoms with van der Waals surface area (Å²) in [5.74, 6) is -1.15. The molecule has 0 radical (unpaired) electrons. The number of rotatable bonds is 8. The first-order valence-corrected chi connectivity index (χ1v) is 6.84. The molecule has 6 nitrogen and oxygen atoms in total. The zero-order chi connectivity index (χ0) is 15.8. The minimum Gasteiger partial charge on any atom is -0.481 e. The zero-order valence-electron chi connectivity index (χ0n) is 12.4. The average molecular weight is 294 g/mol. The number of hydrogen-bond donors (Lipinski definition) is 3. The van der Waals surface area contributed by atoms with Crippen LogP contribution in [0, 0.1) is 13.8 Å². The molecule has 6 heteroatoms. The number of benzene rings is 1. The molecule has 0 bridgehead atoms. The maximum absolute atomic E-state index is 12.0. The number of aliphatic carboxylic acids is 1. The second kappa shape index (κ2) is 8.39. The first kappa shape index (κ1) is 17.1. The van der Waals surface area contributed by atoms with E-state index >= 15 is 0 Å². The second-order valence-electron chi connectivity index (χ2n) is 5.07. The van der Waals surface area contributed by atoms with Gasteiger partial charge in [-0.25, -0.2) is 0 Å². The van der Waals surface area contributed by atoms with Gasteiger partial charge in [-0.1, -0.05) is 6.07 Å². The zero-order valence-corrected chi connectivity index (χ0v) is 12.4. The maximum atomic E-state index is 12.0. The number of carbonyl (C=O) groups excluding carboxylic acids is 1. The molecule has 0 atom stereocenters. The Morgan fingerprint density at radius 3 is 2.29 bits per heavy atom. The van der Waals surface area contributed by atoms with E-state index in [2.05, 4.69) is 5.32 Å². The highest BCUT2D eigenvalue weighted by atomic mass is 16.4. The number of aliphatic hydroxyl groups is 1. The van der Waals surface area contributed by atoms with Crippen LogP contribution in [-0.2, 0) is 9.59 Å². The molecule has 0 unspecified atom stereocenters. The molecule has 1 amide bonds. The van der Waals surface area contributed by atoms with Crippen molar-refractivity contribution in [1.82, 2.24) is 4.90 Å². The van der Waals surface area contributed by atoms with Gasteiger partial charge in [-0.3, -0.25) is 14.5 Å². The van der Waals surface area contributed by atoms with Gasteiger partial charge < -0.3 is 15.5 Å². The van der Waals surface area contributed by atoms with Crippen molar-refractivity contribution in [2.24, 2.45) is 0 Å². The predicted molar refractivity (Wildman–Crippen MR) is 80.3 cm³/mol. The van der Waals surface area contributed by atoms with Gasteiger partial charge >= 0.3 is 5.97 Å². The molecule has 1 aromatic carbocycles. The molecule has 0 spiro atoms. The van der Waals surface area contributed by atoms with Crippen LogP contribution in [0.5, 0.6) is 0 Å². The van der Waals surface area contributed by atoms with Crippen molar-refractivity contribution in [3.63, 3.8) is 0 Å². The van der Waals surface area contributed by atoms with E-state index < -0.39 is 5.97 Å². The minimum atomic E-state index is -0.923. The van der Waals surface area contributed by atoms with E-state index in [-0.39, 0.29) is 38.6 Å². The third kappa shape index (κ3) is 6.87. The number of amides is 1. The van der Waals surface area contributed by atoms with Crippen molar-refractivity contribution >= 4 is 17.6 Å². The van der Waals surface area contributed by atoms with E-state index in [1.165, 1.54) is 0 Å². The molecule has 0 heterocycles. The van der Waals surface area contributed by atoms with E-state index in [0.29, 0.717) is 0 Å². The number of carboxylic acid groups (broad SMARTS) is 1. The van der Waals surface area contributed by atoms with Crippen molar-refractivity contribution in [3.8, 4) is 0 Å². The number of hydrogen-bond acceptors (Lipinski definition) is 4. The molecule has 0 aliphatic heterocycles. The van der Waals surface area contributed by atoms with Gasteiger partial charge in [0.05, 0.1) is 19.6 Å². The number of aliphatic hydroxyl groups excluding tert-OH is 1. The second-order valence-corrected chi connectivity index (χ2v) is 5.07. The Hall–Kier alpha value is -1.92. The Kier molecular flexibility index (Phi) is 6.84. The number of carbonyl (C=O) groups is 2. The molecular formula is C15H22N2O4. The summed E-state index contributed by atoms with van der Waals surface area (Å²) in [7, 11) is 0. The van der Waals surface area contributed by atoms with Crippen LogP contribution < -0.4 is 5.32 Å². The fourth-order valence-corrected chi connectivity index (χ4v) is 2.12. The van der Waals surface area contributed by atoms with Crippen LogP contribution in [0.2, 0.25) is 0 Å². The highest BCUT2D eigenvalue weighted by Crippen LogP contribution is 2.13. The van der Waals surface area contributed by atoms with Crippen LogP contribution >= 0.6 is 0 Å². The van der Waals surface area contributed by atoms with Gasteiger partial charge in [0.15, 0.2) is 0 Å². The molecule has 21 heavy (non-hydrogen) atoms. The Bertz CT molecular complexity index is 482. The summed E-state index contributed by atoms with van der Waals surface area (Å²) < 4.78 is 0. The Labute approximate surface area is 124 Å². The van der Waals surface area contributed by atoms with Crippen LogP contribution in [0.1, 0.15) is 17.5 Å². The van der Waals surface area contributed by atoms with Crippen LogP contribution in [0.25, 0.3) is 0 Å². The first-order valence-electron chi connectivity index (χ1n) is 6.84. The summed E-state index contributed by atoms with van der Waals surface area (Å²) in [6, 6.07) is 5.76. The normalized spacial score (nSPS) is 10.7. The molecule has 0 saturated carbocycles. The van der Waals surface area contributed by atoms with Gasteiger partial charge in [0.1, 0.15) is 0 Å². The van der Waals surface area contributed by atoms with Gasteiger partial charge in [-0.15, -0.1) is 0 Å². The van der Waals surface area contributed by atoms with Crippen molar-refractivity contribution in [3.05, 3.63) is 29.3 Å². The van der Waals surface area contributed by atoms with Gasteiger partial charge in [0, 0.05) is 18.8 Å². The van der Waals surface area contributed by atoms with Crippen molar-refractivity contribution < 1.29 is 19.8 Å². The van der Waals surface area contributed by atoms with Crippen LogP contribution in [0.15, 0.2) is 18.2 Å². The average Bonchev–Trinajstić information content (AvgIpc) is 2.34. The fraction of sp³-hybridized carbons (Fsp3) is 0.467. The lowest BCUT2D eigenvalue weighted by Crippen LogP contribution is -2.36. The number of aryl methyl sites for hydroxylation is 2. The summed E-state index contributed by atoms with van der Waals surface area (Å²) in [5, 5.41) is 20.4.